The molecule has 200 valence electrons. The Labute approximate surface area is 218 Å². The van der Waals surface area contributed by atoms with Crippen molar-refractivity contribution in [2.75, 3.05) is 13.7 Å². The van der Waals surface area contributed by atoms with E-state index in [0.717, 1.165) is 31.6 Å². The van der Waals surface area contributed by atoms with Crippen LogP contribution in [0.5, 0.6) is 0 Å². The average molecular weight is 484 g/mol. The van der Waals surface area contributed by atoms with Crippen molar-refractivity contribution < 1.29 is 4.74 Å². The molecule has 0 aliphatic heterocycles. The Kier molecular flexibility index (Phi) is 16.8. The summed E-state index contributed by atoms with van der Waals surface area (Å²) < 4.78 is 5.44. The van der Waals surface area contributed by atoms with Gasteiger partial charge in [0, 0.05) is 12.2 Å². The van der Waals surface area contributed by atoms with Crippen LogP contribution < -0.4 is 5.32 Å². The molecule has 0 aromatic carbocycles. The lowest BCUT2D eigenvalue weighted by molar-refractivity contribution is 0.300. The Morgan fingerprint density at radius 1 is 0.800 bits per heavy atom. The van der Waals surface area contributed by atoms with E-state index in [4.69, 9.17) is 4.74 Å². The normalized spacial score (nSPS) is 17.0. The number of unbranched alkanes of at least 4 members (excludes halogenated alkanes) is 16. The number of nitrogens with one attached hydrogen (secondary N) is 1. The monoisotopic (exact) mass is 483 g/mol. The molecule has 0 fully saturated rings. The van der Waals surface area contributed by atoms with Crippen molar-refractivity contribution in [3.63, 3.8) is 0 Å². The van der Waals surface area contributed by atoms with Crippen molar-refractivity contribution in [1.82, 2.24) is 5.32 Å². The first-order valence-electron chi connectivity index (χ1n) is 15.3. The number of hydrogen-bond donors (Lipinski definition) is 1. The topological polar surface area (TPSA) is 21.3 Å². The van der Waals surface area contributed by atoms with Crippen molar-refractivity contribution >= 4 is 0 Å². The molecule has 0 radical (unpaired) electrons. The molecular weight excluding hydrogens is 426 g/mol. The van der Waals surface area contributed by atoms with E-state index in [2.05, 4.69) is 37.0 Å². The van der Waals surface area contributed by atoms with E-state index in [1.807, 2.05) is 0 Å². The van der Waals surface area contributed by atoms with E-state index < -0.39 is 0 Å². The second kappa shape index (κ2) is 19.7. The Morgan fingerprint density at radius 3 is 1.86 bits per heavy atom. The van der Waals surface area contributed by atoms with Crippen molar-refractivity contribution in [2.45, 2.75) is 142 Å². The molecule has 0 aromatic heterocycles. The van der Waals surface area contributed by atoms with Crippen LogP contribution in [0.25, 0.3) is 0 Å². The molecule has 2 heteroatoms. The lowest BCUT2D eigenvalue weighted by Gasteiger charge is -2.19. The molecule has 35 heavy (non-hydrogen) atoms. The van der Waals surface area contributed by atoms with Crippen LogP contribution in [0.1, 0.15) is 142 Å². The van der Waals surface area contributed by atoms with Gasteiger partial charge in [0.15, 0.2) is 0 Å². The van der Waals surface area contributed by atoms with Crippen LogP contribution >= 0.6 is 0 Å². The number of methoxy groups -OCH3 is 1. The molecule has 0 heterocycles. The maximum Gasteiger partial charge on any atom is 0.115 e. The highest BCUT2D eigenvalue weighted by Gasteiger charge is 2.25. The molecule has 2 aliphatic carbocycles. The first-order valence-corrected chi connectivity index (χ1v) is 15.3. The molecule has 1 N–H and O–H groups in total. The van der Waals surface area contributed by atoms with Gasteiger partial charge in [-0.2, -0.15) is 0 Å². The van der Waals surface area contributed by atoms with E-state index in [9.17, 15) is 0 Å². The number of hydrogen-bond acceptors (Lipinski definition) is 2. The highest BCUT2D eigenvalue weighted by molar-refractivity contribution is 5.44. The second-order valence-electron chi connectivity index (χ2n) is 11.0. The van der Waals surface area contributed by atoms with Crippen LogP contribution in [-0.4, -0.2) is 13.7 Å². The van der Waals surface area contributed by atoms with Gasteiger partial charge in [0.05, 0.1) is 7.11 Å². The number of allylic oxidation sites excluding steroid dienone is 5. The minimum Gasteiger partial charge on any atom is -0.497 e. The smallest absolute Gasteiger partial charge is 0.115 e. The number of ether oxygens (including phenoxy) is 1. The van der Waals surface area contributed by atoms with Crippen LogP contribution in [0.3, 0.4) is 0 Å². The minimum absolute atomic E-state index is 0.682. The Bertz CT molecular complexity index is 656. The van der Waals surface area contributed by atoms with Crippen LogP contribution in [-0.2, 0) is 4.74 Å². The highest BCUT2D eigenvalue weighted by Crippen LogP contribution is 2.39. The third kappa shape index (κ3) is 13.4. The zero-order valence-electron chi connectivity index (χ0n) is 23.5. The summed E-state index contributed by atoms with van der Waals surface area (Å²) in [6.45, 7) is 7.56. The van der Waals surface area contributed by atoms with E-state index in [1.54, 1.807) is 7.11 Å². The summed E-state index contributed by atoms with van der Waals surface area (Å²) in [5.74, 6) is 1.71. The maximum absolute atomic E-state index is 5.44. The average Bonchev–Trinajstić information content (AvgIpc) is 3.28. The van der Waals surface area contributed by atoms with Crippen LogP contribution in [0.15, 0.2) is 47.4 Å². The highest BCUT2D eigenvalue weighted by atomic mass is 16.5. The van der Waals surface area contributed by atoms with E-state index in [0.29, 0.717) is 5.92 Å². The lowest BCUT2D eigenvalue weighted by Crippen LogP contribution is -2.15. The van der Waals surface area contributed by atoms with Gasteiger partial charge in [-0.25, -0.2) is 0 Å². The van der Waals surface area contributed by atoms with Crippen molar-refractivity contribution in [3.05, 3.63) is 47.4 Å². The number of fused-ring (bicyclic) bond motifs is 1. The Hall–Kier alpha value is -1.44. The summed E-state index contributed by atoms with van der Waals surface area (Å²) in [5, 5.41) is 3.58. The molecule has 1 unspecified atom stereocenters. The molecule has 2 aliphatic rings. The summed E-state index contributed by atoms with van der Waals surface area (Å²) in [6, 6.07) is 0. The van der Waals surface area contributed by atoms with Crippen LogP contribution in [0, 0.1) is 5.92 Å². The SMILES string of the molecule is C=C(CCCCCCCCCCCCCCCCCCC)NCCC1=CCC2CC=C(OC)C=C12. The second-order valence-corrected chi connectivity index (χ2v) is 11.0. The van der Waals surface area contributed by atoms with Gasteiger partial charge in [-0.3, -0.25) is 0 Å². The molecular formula is C33H57NO. The van der Waals surface area contributed by atoms with Gasteiger partial charge >= 0.3 is 0 Å². The van der Waals surface area contributed by atoms with Crippen molar-refractivity contribution in [1.29, 1.82) is 0 Å². The van der Waals surface area contributed by atoms with Gasteiger partial charge in [0.2, 0.25) is 0 Å². The zero-order valence-corrected chi connectivity index (χ0v) is 23.5. The van der Waals surface area contributed by atoms with Crippen molar-refractivity contribution in [2.24, 2.45) is 5.92 Å². The summed E-state index contributed by atoms with van der Waals surface area (Å²) in [6.07, 6.45) is 35.7. The number of rotatable bonds is 23. The maximum atomic E-state index is 5.44. The molecule has 0 saturated carbocycles. The van der Waals surface area contributed by atoms with Gasteiger partial charge in [-0.05, 0) is 61.3 Å². The molecule has 2 rings (SSSR count). The van der Waals surface area contributed by atoms with E-state index in [1.165, 1.54) is 132 Å². The summed E-state index contributed by atoms with van der Waals surface area (Å²) >= 11 is 0. The Morgan fingerprint density at radius 2 is 1.31 bits per heavy atom. The first kappa shape index (κ1) is 29.8. The minimum atomic E-state index is 0.682. The molecule has 1 atom stereocenters. The van der Waals surface area contributed by atoms with Gasteiger partial charge in [-0.15, -0.1) is 0 Å². The largest absolute Gasteiger partial charge is 0.497 e. The molecule has 0 bridgehead atoms. The third-order valence-electron chi connectivity index (χ3n) is 7.95. The molecule has 0 amide bonds. The van der Waals surface area contributed by atoms with E-state index >= 15 is 0 Å². The fraction of sp³-hybridized carbons (Fsp3) is 0.758. The van der Waals surface area contributed by atoms with Gasteiger partial charge in [0.25, 0.3) is 0 Å². The predicted octanol–water partition coefficient (Wildman–Crippen LogP) is 10.3. The summed E-state index contributed by atoms with van der Waals surface area (Å²) in [5.41, 5.74) is 4.23. The molecule has 0 saturated heterocycles. The van der Waals surface area contributed by atoms with E-state index in [-0.39, 0.29) is 0 Å². The fourth-order valence-corrected chi connectivity index (χ4v) is 5.61. The molecule has 2 nitrogen and oxygen atoms in total. The van der Waals surface area contributed by atoms with Crippen LogP contribution in [0.2, 0.25) is 0 Å². The first-order chi connectivity index (χ1) is 17.2. The van der Waals surface area contributed by atoms with Crippen LogP contribution in [0.4, 0.5) is 0 Å². The lowest BCUT2D eigenvalue weighted by atomic mass is 9.89. The predicted molar refractivity (Wildman–Crippen MR) is 155 cm³/mol. The quantitative estimate of drug-likeness (QED) is 0.146. The van der Waals surface area contributed by atoms with Crippen molar-refractivity contribution in [3.8, 4) is 0 Å². The Balaban J connectivity index is 1.33. The van der Waals surface area contributed by atoms with Gasteiger partial charge in [0.1, 0.15) is 5.76 Å². The zero-order chi connectivity index (χ0) is 25.0. The summed E-state index contributed by atoms with van der Waals surface area (Å²) in [7, 11) is 1.77. The van der Waals surface area contributed by atoms with Gasteiger partial charge < -0.3 is 10.1 Å². The summed E-state index contributed by atoms with van der Waals surface area (Å²) in [4.78, 5) is 0. The molecule has 0 aromatic rings. The fourth-order valence-electron chi connectivity index (χ4n) is 5.61. The molecule has 0 spiro atoms. The standard InChI is InChI=1S/C33H57NO/c1-4-5-6-7-8-9-10-11-12-13-14-15-16-17-18-19-20-21-29(2)34-27-26-31-23-22-30-24-25-32(35-3)28-33(30)31/h23,25,28,30,34H,2,4-22,24,26-27H2,1,3H3. The third-order valence-corrected chi connectivity index (χ3v) is 7.95. The van der Waals surface area contributed by atoms with Gasteiger partial charge in [-0.1, -0.05) is 122 Å².